The molecule has 0 atom stereocenters. The zero-order valence-electron chi connectivity index (χ0n) is 9.45. The van der Waals surface area contributed by atoms with Gasteiger partial charge in [0.05, 0.1) is 0 Å². The van der Waals surface area contributed by atoms with Gasteiger partial charge in [0, 0.05) is 6.92 Å². The number of hydrogen-bond donors (Lipinski definition) is 0. The van der Waals surface area contributed by atoms with E-state index in [0.717, 1.165) is 5.75 Å². The molecule has 0 fully saturated rings. The van der Waals surface area contributed by atoms with Crippen LogP contribution in [0.15, 0.2) is 24.3 Å². The lowest BCUT2D eigenvalue weighted by atomic mass is 10.2. The van der Waals surface area contributed by atoms with Crippen LogP contribution in [0.2, 0.25) is 0 Å². The molecule has 1 rings (SSSR count). The summed E-state index contributed by atoms with van der Waals surface area (Å²) in [6.45, 7) is 3.78. The van der Waals surface area contributed by atoms with Gasteiger partial charge >= 0.3 is 5.97 Å². The van der Waals surface area contributed by atoms with Crippen molar-refractivity contribution in [1.82, 2.24) is 0 Å². The van der Waals surface area contributed by atoms with Gasteiger partial charge in [0.2, 0.25) is 0 Å². The second-order valence-electron chi connectivity index (χ2n) is 3.24. The van der Waals surface area contributed by atoms with Crippen LogP contribution in [0.25, 0.3) is 0 Å². The second kappa shape index (κ2) is 6.52. The third-order valence-electron chi connectivity index (χ3n) is 1.80. The average Bonchev–Trinajstić information content (AvgIpc) is 2.25. The number of carbonyl (C=O) groups is 1. The Kier molecular flexibility index (Phi) is 4.94. The first-order valence-corrected chi connectivity index (χ1v) is 4.97. The van der Waals surface area contributed by atoms with Gasteiger partial charge in [-0.05, 0) is 19.1 Å². The van der Waals surface area contributed by atoms with E-state index in [1.54, 1.807) is 0 Å². The minimum absolute atomic E-state index is 0.118. The van der Waals surface area contributed by atoms with Gasteiger partial charge in [-0.15, -0.1) is 0 Å². The lowest BCUT2D eigenvalue weighted by Crippen LogP contribution is -1.99. The summed E-state index contributed by atoms with van der Waals surface area (Å²) in [5.74, 6) is 5.89. The van der Waals surface area contributed by atoms with Crippen LogP contribution in [0.3, 0.4) is 0 Å². The highest BCUT2D eigenvalue weighted by Crippen LogP contribution is 2.10. The molecule has 0 saturated carbocycles. The van der Waals surface area contributed by atoms with E-state index in [9.17, 15) is 4.79 Å². The molecule has 0 N–H and O–H groups in total. The number of aryl methyl sites for hydroxylation is 1. The van der Waals surface area contributed by atoms with Gasteiger partial charge in [-0.3, -0.25) is 4.79 Å². The van der Waals surface area contributed by atoms with E-state index >= 15 is 0 Å². The highest BCUT2D eigenvalue weighted by molar-refractivity contribution is 5.66. The van der Waals surface area contributed by atoms with Crippen molar-refractivity contribution < 1.29 is 14.3 Å². The highest BCUT2D eigenvalue weighted by Gasteiger charge is 1.90. The Morgan fingerprint density at radius 1 is 1.19 bits per heavy atom. The molecule has 3 heteroatoms. The zero-order valence-corrected chi connectivity index (χ0v) is 9.45. The zero-order chi connectivity index (χ0) is 11.8. The number of benzene rings is 1. The fourth-order valence-electron chi connectivity index (χ4n) is 0.994. The average molecular weight is 218 g/mol. The fourth-order valence-corrected chi connectivity index (χ4v) is 0.994. The Morgan fingerprint density at radius 2 is 1.81 bits per heavy atom. The molecule has 0 aliphatic heterocycles. The second-order valence-corrected chi connectivity index (χ2v) is 3.24. The molecule has 1 aromatic carbocycles. The minimum atomic E-state index is -0.325. The maximum absolute atomic E-state index is 10.4. The lowest BCUT2D eigenvalue weighted by Gasteiger charge is -2.01. The predicted octanol–water partition coefficient (Wildman–Crippen LogP) is 1.94. The molecule has 0 saturated heterocycles. The van der Waals surface area contributed by atoms with Crippen molar-refractivity contribution >= 4 is 5.97 Å². The third kappa shape index (κ3) is 5.06. The third-order valence-corrected chi connectivity index (χ3v) is 1.80. The van der Waals surface area contributed by atoms with Crippen molar-refractivity contribution in [3.8, 4) is 17.6 Å². The summed E-state index contributed by atoms with van der Waals surface area (Å²) >= 11 is 0. The molecule has 0 aromatic heterocycles. The summed E-state index contributed by atoms with van der Waals surface area (Å²) in [7, 11) is 0. The Labute approximate surface area is 95.4 Å². The summed E-state index contributed by atoms with van der Waals surface area (Å²) in [5, 5.41) is 0. The molecule has 0 unspecified atom stereocenters. The van der Waals surface area contributed by atoms with Gasteiger partial charge < -0.3 is 9.47 Å². The molecule has 3 nitrogen and oxygen atoms in total. The Bertz CT molecular complexity index is 395. The fraction of sp³-hybridized carbons (Fsp3) is 0.308. The number of rotatable bonds is 3. The van der Waals surface area contributed by atoms with Crippen LogP contribution in [-0.2, 0) is 9.53 Å². The Hall–Kier alpha value is -1.95. The molecule has 0 amide bonds. The number of ether oxygens (including phenoxy) is 2. The van der Waals surface area contributed by atoms with Gasteiger partial charge in [-0.25, -0.2) is 0 Å². The molecule has 84 valence electrons. The minimum Gasteiger partial charge on any atom is -0.481 e. The summed E-state index contributed by atoms with van der Waals surface area (Å²) in [6.07, 6.45) is 0. The summed E-state index contributed by atoms with van der Waals surface area (Å²) in [4.78, 5) is 10.4. The van der Waals surface area contributed by atoms with Crippen molar-refractivity contribution in [2.75, 3.05) is 13.2 Å². The van der Waals surface area contributed by atoms with Crippen molar-refractivity contribution in [2.24, 2.45) is 0 Å². The molecule has 0 spiro atoms. The van der Waals surface area contributed by atoms with Crippen LogP contribution in [0.5, 0.6) is 5.75 Å². The summed E-state index contributed by atoms with van der Waals surface area (Å²) in [5.41, 5.74) is 1.19. The van der Waals surface area contributed by atoms with Crippen molar-refractivity contribution in [1.29, 1.82) is 0 Å². The molecule has 0 bridgehead atoms. The quantitative estimate of drug-likeness (QED) is 0.574. The Balaban J connectivity index is 2.24. The monoisotopic (exact) mass is 218 g/mol. The van der Waals surface area contributed by atoms with E-state index < -0.39 is 0 Å². The Morgan fingerprint density at radius 3 is 2.44 bits per heavy atom. The van der Waals surface area contributed by atoms with E-state index in [0.29, 0.717) is 6.61 Å². The first kappa shape index (κ1) is 12.1. The molecule has 0 aliphatic carbocycles. The van der Waals surface area contributed by atoms with E-state index in [2.05, 4.69) is 16.6 Å². The van der Waals surface area contributed by atoms with Crippen molar-refractivity contribution in [3.05, 3.63) is 29.8 Å². The maximum atomic E-state index is 10.4. The van der Waals surface area contributed by atoms with E-state index in [4.69, 9.17) is 4.74 Å². The summed E-state index contributed by atoms with van der Waals surface area (Å²) in [6, 6.07) is 7.73. The van der Waals surface area contributed by atoms with E-state index in [-0.39, 0.29) is 12.6 Å². The van der Waals surface area contributed by atoms with Gasteiger partial charge in [0.25, 0.3) is 0 Å². The standard InChI is InChI=1S/C13H14O3/c1-11-5-7-13(8-6-11)16-10-4-3-9-15-12(2)14/h5-8H,9-10H2,1-2H3. The van der Waals surface area contributed by atoms with Gasteiger partial charge in [-0.2, -0.15) is 0 Å². The largest absolute Gasteiger partial charge is 0.481 e. The van der Waals surface area contributed by atoms with Crippen LogP contribution >= 0.6 is 0 Å². The molecular formula is C13H14O3. The van der Waals surface area contributed by atoms with Gasteiger partial charge in [-0.1, -0.05) is 29.5 Å². The van der Waals surface area contributed by atoms with Crippen LogP contribution in [0.4, 0.5) is 0 Å². The smallest absolute Gasteiger partial charge is 0.303 e. The van der Waals surface area contributed by atoms with Crippen molar-refractivity contribution in [3.63, 3.8) is 0 Å². The number of esters is 1. The van der Waals surface area contributed by atoms with E-state index in [1.807, 2.05) is 31.2 Å². The van der Waals surface area contributed by atoms with Gasteiger partial charge in [0.1, 0.15) is 12.4 Å². The molecule has 16 heavy (non-hydrogen) atoms. The highest BCUT2D eigenvalue weighted by atomic mass is 16.5. The molecular weight excluding hydrogens is 204 g/mol. The lowest BCUT2D eigenvalue weighted by molar-refractivity contribution is -0.139. The number of carbonyl (C=O) groups excluding carboxylic acids is 1. The predicted molar refractivity (Wildman–Crippen MR) is 61.1 cm³/mol. The van der Waals surface area contributed by atoms with E-state index in [1.165, 1.54) is 12.5 Å². The first-order chi connectivity index (χ1) is 7.68. The molecule has 1 aromatic rings. The van der Waals surface area contributed by atoms with Crippen molar-refractivity contribution in [2.45, 2.75) is 13.8 Å². The van der Waals surface area contributed by atoms with Crippen LogP contribution in [0.1, 0.15) is 12.5 Å². The normalized spacial score (nSPS) is 8.88. The van der Waals surface area contributed by atoms with Crippen LogP contribution < -0.4 is 4.74 Å². The number of hydrogen-bond acceptors (Lipinski definition) is 3. The van der Waals surface area contributed by atoms with Crippen LogP contribution in [-0.4, -0.2) is 19.2 Å². The first-order valence-electron chi connectivity index (χ1n) is 4.97. The van der Waals surface area contributed by atoms with Crippen LogP contribution in [0, 0.1) is 18.8 Å². The maximum Gasteiger partial charge on any atom is 0.303 e. The molecule has 0 aliphatic rings. The van der Waals surface area contributed by atoms with Gasteiger partial charge in [0.15, 0.2) is 6.61 Å². The molecule has 0 radical (unpaired) electrons. The topological polar surface area (TPSA) is 35.5 Å². The SMILES string of the molecule is CC(=O)OCC#CCOc1ccc(C)cc1. The summed E-state index contributed by atoms with van der Waals surface area (Å²) < 4.78 is 10.00. The molecule has 0 heterocycles.